The van der Waals surface area contributed by atoms with Crippen molar-refractivity contribution >= 4 is 26.8 Å². The van der Waals surface area contributed by atoms with Gasteiger partial charge in [-0.2, -0.15) is 0 Å². The maximum Gasteiger partial charge on any atom is 0.354 e. The lowest BCUT2D eigenvalue weighted by Gasteiger charge is -2.27. The third-order valence-corrected chi connectivity index (χ3v) is 9.17. The van der Waals surface area contributed by atoms with Crippen molar-refractivity contribution in [2.45, 2.75) is 50.5 Å². The van der Waals surface area contributed by atoms with Crippen LogP contribution < -0.4 is 10.6 Å². The summed E-state index contributed by atoms with van der Waals surface area (Å²) in [7, 11) is -10.3. The average molecular weight is 530 g/mol. The van der Waals surface area contributed by atoms with Gasteiger partial charge in [-0.1, -0.05) is 32.0 Å². The predicted octanol–water partition coefficient (Wildman–Crippen LogP) is 3.34. The van der Waals surface area contributed by atoms with Crippen molar-refractivity contribution in [1.82, 2.24) is 5.32 Å². The SMILES string of the molecule is CCC(c1ccc(O)cc1)C(CC)c1ccc(O)c(NC(=O)CCNC(P(=O)(O)O)P(=O)(O)O)c1. The maximum absolute atomic E-state index is 12.4. The van der Waals surface area contributed by atoms with E-state index in [1.165, 1.54) is 6.07 Å². The summed E-state index contributed by atoms with van der Waals surface area (Å²) in [5.41, 5.74) is -0.336. The third-order valence-electron chi connectivity index (χ3n) is 5.73. The van der Waals surface area contributed by atoms with Crippen molar-refractivity contribution < 1.29 is 43.7 Å². The molecule has 0 radical (unpaired) electrons. The lowest BCUT2D eigenvalue weighted by Crippen LogP contribution is -2.31. The van der Waals surface area contributed by atoms with Crippen LogP contribution in [0.4, 0.5) is 5.69 Å². The zero-order valence-corrected chi connectivity index (χ0v) is 21.2. The number of hydrogen-bond donors (Lipinski definition) is 8. The van der Waals surface area contributed by atoms with Gasteiger partial charge in [0.05, 0.1) is 5.69 Å². The van der Waals surface area contributed by atoms with Gasteiger partial charge in [-0.25, -0.2) is 0 Å². The number of hydrogen-bond acceptors (Lipinski definition) is 6. The van der Waals surface area contributed by atoms with Crippen LogP contribution in [0, 0.1) is 0 Å². The molecule has 2 aromatic rings. The second-order valence-electron chi connectivity index (χ2n) is 8.20. The van der Waals surface area contributed by atoms with E-state index in [0.717, 1.165) is 24.0 Å². The zero-order chi connectivity index (χ0) is 26.4. The Morgan fingerprint density at radius 3 is 1.89 bits per heavy atom. The molecule has 13 heteroatoms. The minimum absolute atomic E-state index is 0.0507. The van der Waals surface area contributed by atoms with Crippen molar-refractivity contribution in [3.63, 3.8) is 0 Å². The molecule has 2 unspecified atom stereocenters. The minimum atomic E-state index is -5.15. The topological polar surface area (TPSA) is 197 Å². The maximum atomic E-state index is 12.4. The molecule has 0 bridgehead atoms. The minimum Gasteiger partial charge on any atom is -0.508 e. The quantitative estimate of drug-likeness (QED) is 0.149. The van der Waals surface area contributed by atoms with Gasteiger partial charge in [0, 0.05) is 13.0 Å². The molecule has 35 heavy (non-hydrogen) atoms. The predicted molar refractivity (Wildman–Crippen MR) is 131 cm³/mol. The molecular formula is C22H32N2O9P2. The van der Waals surface area contributed by atoms with E-state index < -0.39 is 33.2 Å². The zero-order valence-electron chi connectivity index (χ0n) is 19.4. The summed E-state index contributed by atoms with van der Waals surface area (Å²) >= 11 is 0. The summed E-state index contributed by atoms with van der Waals surface area (Å²) in [5, 5.41) is 24.4. The Hall–Kier alpha value is -2.23. The van der Waals surface area contributed by atoms with Gasteiger partial charge in [0.15, 0.2) is 0 Å². The summed E-state index contributed by atoms with van der Waals surface area (Å²) < 4.78 is 22.6. The lowest BCUT2D eigenvalue weighted by molar-refractivity contribution is -0.116. The summed E-state index contributed by atoms with van der Waals surface area (Å²) in [4.78, 5) is 48.9. The first-order valence-corrected chi connectivity index (χ1v) is 14.4. The van der Waals surface area contributed by atoms with Gasteiger partial charge in [-0.3, -0.25) is 19.2 Å². The fraction of sp³-hybridized carbons (Fsp3) is 0.409. The van der Waals surface area contributed by atoms with Crippen molar-refractivity contribution in [2.24, 2.45) is 0 Å². The van der Waals surface area contributed by atoms with Crippen LogP contribution in [0.5, 0.6) is 11.5 Å². The third kappa shape index (κ3) is 8.15. The highest BCUT2D eigenvalue weighted by molar-refractivity contribution is 7.70. The molecule has 0 aromatic heterocycles. The van der Waals surface area contributed by atoms with Crippen LogP contribution in [0.3, 0.4) is 0 Å². The molecule has 0 fully saturated rings. The van der Waals surface area contributed by atoms with Crippen molar-refractivity contribution in [3.05, 3.63) is 53.6 Å². The number of rotatable bonds is 12. The van der Waals surface area contributed by atoms with E-state index in [4.69, 9.17) is 19.6 Å². The molecule has 2 aromatic carbocycles. The Labute approximate surface area is 203 Å². The van der Waals surface area contributed by atoms with Crippen LogP contribution in [-0.4, -0.2) is 47.8 Å². The molecule has 0 saturated heterocycles. The van der Waals surface area contributed by atoms with Gasteiger partial charge < -0.3 is 35.1 Å². The van der Waals surface area contributed by atoms with Gasteiger partial charge in [0.2, 0.25) is 11.4 Å². The number of carbonyl (C=O) groups excluding carboxylic acids is 1. The van der Waals surface area contributed by atoms with Crippen LogP contribution in [0.1, 0.15) is 56.1 Å². The molecule has 11 nitrogen and oxygen atoms in total. The average Bonchev–Trinajstić information content (AvgIpc) is 2.75. The summed E-state index contributed by atoms with van der Waals surface area (Å²) in [6, 6.07) is 11.9. The molecule has 0 aliphatic heterocycles. The monoisotopic (exact) mass is 530 g/mol. The molecule has 0 heterocycles. The first-order chi connectivity index (χ1) is 16.3. The number of carbonyl (C=O) groups is 1. The Kier molecular flexibility index (Phi) is 10.1. The number of phenols is 2. The molecule has 0 aliphatic carbocycles. The smallest absolute Gasteiger partial charge is 0.354 e. The van der Waals surface area contributed by atoms with Gasteiger partial charge in [-0.15, -0.1) is 0 Å². The number of amides is 1. The normalized spacial score (nSPS) is 14.0. The van der Waals surface area contributed by atoms with Crippen molar-refractivity contribution in [2.75, 3.05) is 11.9 Å². The van der Waals surface area contributed by atoms with Crippen LogP contribution in [0.2, 0.25) is 0 Å². The van der Waals surface area contributed by atoms with E-state index in [9.17, 15) is 24.1 Å². The molecule has 194 valence electrons. The van der Waals surface area contributed by atoms with E-state index in [0.29, 0.717) is 0 Å². The fourth-order valence-electron chi connectivity index (χ4n) is 4.07. The molecule has 0 aliphatic rings. The van der Waals surface area contributed by atoms with E-state index >= 15 is 0 Å². The molecule has 0 spiro atoms. The summed E-state index contributed by atoms with van der Waals surface area (Å²) in [6.45, 7) is 3.67. The first kappa shape index (κ1) is 29.0. The molecule has 2 rings (SSSR count). The highest BCUT2D eigenvalue weighted by atomic mass is 31.2. The molecule has 0 saturated carbocycles. The second kappa shape index (κ2) is 12.1. The highest BCUT2D eigenvalue weighted by Crippen LogP contribution is 2.58. The van der Waals surface area contributed by atoms with Crippen molar-refractivity contribution in [1.29, 1.82) is 0 Å². The standard InChI is InChI=1S/C22H32N2O9P2/c1-3-17(14-5-8-16(25)9-6-14)18(4-2)15-7-10-20(26)19(13-15)24-21(27)11-12-23-22(34(28,29)30)35(31,32)33/h5-10,13,17-18,22-23,25-26H,3-4,11-12H2,1-2H3,(H,24,27)(H2,28,29,30)(H2,31,32,33). The van der Waals surface area contributed by atoms with Gasteiger partial charge in [0.25, 0.3) is 0 Å². The highest BCUT2D eigenvalue weighted by Gasteiger charge is 2.42. The Balaban J connectivity index is 2.14. The van der Waals surface area contributed by atoms with E-state index in [1.807, 2.05) is 24.4 Å². The number of aromatic hydroxyl groups is 2. The lowest BCUT2D eigenvalue weighted by atomic mass is 9.78. The van der Waals surface area contributed by atoms with Gasteiger partial charge >= 0.3 is 15.2 Å². The largest absolute Gasteiger partial charge is 0.508 e. The number of benzene rings is 2. The molecular weight excluding hydrogens is 498 g/mol. The van der Waals surface area contributed by atoms with Crippen LogP contribution in [0.25, 0.3) is 0 Å². The van der Waals surface area contributed by atoms with E-state index in [-0.39, 0.29) is 35.4 Å². The summed E-state index contributed by atoms with van der Waals surface area (Å²) in [6.07, 6.45) is 1.23. The van der Waals surface area contributed by atoms with Crippen LogP contribution >= 0.6 is 15.2 Å². The molecule has 1 amide bonds. The van der Waals surface area contributed by atoms with Crippen LogP contribution in [0.15, 0.2) is 42.5 Å². The van der Waals surface area contributed by atoms with Crippen LogP contribution in [-0.2, 0) is 13.9 Å². The number of anilines is 1. The summed E-state index contributed by atoms with van der Waals surface area (Å²) in [5.74, 6) is -0.455. The van der Waals surface area contributed by atoms with Gasteiger partial charge in [-0.05, 0) is 60.1 Å². The Bertz CT molecular complexity index is 1080. The number of phenolic OH excluding ortho intramolecular Hbond substituents is 2. The first-order valence-electron chi connectivity index (χ1n) is 11.0. The van der Waals surface area contributed by atoms with E-state index in [1.54, 1.807) is 24.3 Å². The molecule has 8 N–H and O–H groups in total. The number of nitrogens with one attached hydrogen (secondary N) is 2. The van der Waals surface area contributed by atoms with E-state index in [2.05, 4.69) is 12.2 Å². The van der Waals surface area contributed by atoms with Gasteiger partial charge in [0.1, 0.15) is 11.5 Å². The fourth-order valence-corrected chi connectivity index (χ4v) is 6.37. The van der Waals surface area contributed by atoms with Crippen molar-refractivity contribution in [3.8, 4) is 11.5 Å². The second-order valence-corrected chi connectivity index (χ2v) is 12.0. The Morgan fingerprint density at radius 2 is 1.37 bits per heavy atom. The Morgan fingerprint density at radius 1 is 0.857 bits per heavy atom. The molecule has 2 atom stereocenters.